The molecule has 46 heavy (non-hydrogen) atoms. The van der Waals surface area contributed by atoms with Gasteiger partial charge in [0, 0.05) is 0 Å². The van der Waals surface area contributed by atoms with Gasteiger partial charge in [-0.15, -0.1) is 0 Å². The van der Waals surface area contributed by atoms with E-state index in [1.807, 2.05) is 0 Å². The third-order valence-electron chi connectivity index (χ3n) is 5.37. The zero-order chi connectivity index (χ0) is 32.6. The fraction of sp³-hybridized carbons (Fsp3) is 0. The van der Waals surface area contributed by atoms with Crippen molar-refractivity contribution in [3.05, 3.63) is 95.1 Å². The normalized spacial score (nSPS) is 10.3. The van der Waals surface area contributed by atoms with Crippen LogP contribution >= 0.6 is 0 Å². The number of aromatic hydroxyl groups is 2. The number of nitrogens with zero attached hydrogens (tertiary/aromatic N) is 4. The number of azo groups is 2. The molecule has 0 saturated carbocycles. The first-order chi connectivity index (χ1) is 20.8. The van der Waals surface area contributed by atoms with Crippen LogP contribution in [0.5, 0.6) is 23.0 Å². The van der Waals surface area contributed by atoms with Gasteiger partial charge in [0.25, 0.3) is 0 Å². The number of rotatable bonds is 8. The van der Waals surface area contributed by atoms with Crippen LogP contribution in [-0.4, -0.2) is 54.5 Å². The van der Waals surface area contributed by atoms with E-state index in [4.69, 9.17) is 20.4 Å². The molecule has 0 aliphatic heterocycles. The molecule has 0 aliphatic carbocycles. The molecular weight excluding hydrogens is 630 g/mol. The molecule has 6 N–H and O–H groups in total. The van der Waals surface area contributed by atoms with Gasteiger partial charge in [-0.05, 0) is 60.7 Å². The Morgan fingerprint density at radius 3 is 0.935 bits per heavy atom. The van der Waals surface area contributed by atoms with Crippen LogP contribution < -0.4 is 69.3 Å². The van der Waals surface area contributed by atoms with Crippen LogP contribution in [0.3, 0.4) is 0 Å². The summed E-state index contributed by atoms with van der Waals surface area (Å²) in [7, 11) is 0. The topological polar surface area (TPSA) is 285 Å². The minimum Gasteiger partial charge on any atom is -0.872 e. The number of hydrogen-bond donors (Lipinski definition) is 6. The van der Waals surface area contributed by atoms with E-state index in [0.717, 1.165) is 48.5 Å². The number of aromatic carboxylic acids is 4. The maximum absolute atomic E-state index is 11.3. The molecule has 0 unspecified atom stereocenters. The molecule has 0 bridgehead atoms. The van der Waals surface area contributed by atoms with Crippen LogP contribution in [-0.2, 0) is 0 Å². The van der Waals surface area contributed by atoms with Gasteiger partial charge in [0.1, 0.15) is 22.6 Å². The molecule has 0 saturated heterocycles. The third kappa shape index (κ3) is 10.7. The summed E-state index contributed by atoms with van der Waals surface area (Å²) in [5, 5.41) is 91.7. The molecule has 4 rings (SSSR count). The Kier molecular flexibility index (Phi) is 15.0. The molecule has 4 aromatic rings. The van der Waals surface area contributed by atoms with E-state index in [1.54, 1.807) is 0 Å². The monoisotopic (exact) mass is 648 g/mol. The van der Waals surface area contributed by atoms with Crippen molar-refractivity contribution in [1.82, 2.24) is 0 Å². The summed E-state index contributed by atoms with van der Waals surface area (Å²) in [6.07, 6.45) is 0. The molecular formula is C28H18N4Na2O12. The Morgan fingerprint density at radius 2 is 0.674 bits per heavy atom. The molecule has 0 aliphatic rings. The van der Waals surface area contributed by atoms with Gasteiger partial charge in [0.15, 0.2) is 0 Å². The summed E-state index contributed by atoms with van der Waals surface area (Å²) in [6, 6.07) is 14.0. The van der Waals surface area contributed by atoms with Crippen molar-refractivity contribution in [1.29, 1.82) is 0 Å². The van der Waals surface area contributed by atoms with Gasteiger partial charge in [-0.3, -0.25) is 0 Å². The molecule has 16 nitrogen and oxygen atoms in total. The quantitative estimate of drug-likeness (QED) is 0.0947. The smallest absolute Gasteiger partial charge is 0.872 e. The molecule has 224 valence electrons. The zero-order valence-electron chi connectivity index (χ0n) is 23.8. The zero-order valence-corrected chi connectivity index (χ0v) is 27.8. The molecule has 18 heteroatoms. The number of benzene rings is 4. The fourth-order valence-electron chi connectivity index (χ4n) is 3.24. The van der Waals surface area contributed by atoms with Crippen molar-refractivity contribution in [3.63, 3.8) is 0 Å². The number of carbonyl (C=O) groups is 4. The maximum atomic E-state index is 11.3. The second kappa shape index (κ2) is 17.6. The number of carboxylic acid groups (broad SMARTS) is 4. The summed E-state index contributed by atoms with van der Waals surface area (Å²) in [5.41, 5.74) is -0.989. The minimum atomic E-state index is -1.38. The predicted octanol–water partition coefficient (Wildman–Crippen LogP) is -1.44. The average Bonchev–Trinajstić information content (AvgIpc) is 2.97. The number of hydrogen-bond acceptors (Lipinski definition) is 12. The molecule has 4 aromatic carbocycles. The average molecular weight is 648 g/mol. The largest absolute Gasteiger partial charge is 1.00 e. The van der Waals surface area contributed by atoms with Crippen molar-refractivity contribution < 1.29 is 119 Å². The van der Waals surface area contributed by atoms with Crippen molar-refractivity contribution >= 4 is 46.6 Å². The molecule has 0 spiro atoms. The second-order valence-electron chi connectivity index (χ2n) is 8.38. The van der Waals surface area contributed by atoms with Crippen LogP contribution in [0.1, 0.15) is 41.4 Å². The van der Waals surface area contributed by atoms with Crippen molar-refractivity contribution in [3.8, 4) is 23.0 Å². The SMILES string of the molecule is O=C(O)c1cc(N=Nc2ccc(O)c(C(=O)O)c2)ccc1O.O=C(O)c1cc(N=Nc2ccc([O-])c(C(=O)O)c2)ccc1[O-].[Na+].[Na+]. The van der Waals surface area contributed by atoms with Gasteiger partial charge in [0.05, 0.1) is 33.9 Å². The van der Waals surface area contributed by atoms with E-state index in [1.165, 1.54) is 24.3 Å². The molecule has 0 atom stereocenters. The van der Waals surface area contributed by atoms with Crippen LogP contribution in [0.2, 0.25) is 0 Å². The van der Waals surface area contributed by atoms with E-state index in [-0.39, 0.29) is 93.0 Å². The summed E-state index contributed by atoms with van der Waals surface area (Å²) in [6.45, 7) is 0. The Morgan fingerprint density at radius 1 is 0.435 bits per heavy atom. The molecule has 0 amide bonds. The first-order valence-electron chi connectivity index (χ1n) is 11.8. The van der Waals surface area contributed by atoms with Gasteiger partial charge in [-0.2, -0.15) is 20.5 Å². The third-order valence-corrected chi connectivity index (χ3v) is 5.37. The van der Waals surface area contributed by atoms with E-state index in [0.29, 0.717) is 0 Å². The van der Waals surface area contributed by atoms with Crippen molar-refractivity contribution in [2.24, 2.45) is 20.5 Å². The van der Waals surface area contributed by atoms with Crippen LogP contribution in [0.4, 0.5) is 22.7 Å². The van der Waals surface area contributed by atoms with Crippen LogP contribution in [0.25, 0.3) is 0 Å². The summed E-state index contributed by atoms with van der Waals surface area (Å²) >= 11 is 0. The first kappa shape index (κ1) is 39.2. The Balaban J connectivity index is 0.000000441. The summed E-state index contributed by atoms with van der Waals surface area (Å²) < 4.78 is 0. The van der Waals surface area contributed by atoms with E-state index < -0.39 is 58.0 Å². The Hall–Kier alpha value is -4.84. The van der Waals surface area contributed by atoms with E-state index in [9.17, 15) is 39.6 Å². The van der Waals surface area contributed by atoms with Gasteiger partial charge in [0.2, 0.25) is 0 Å². The molecule has 0 radical (unpaired) electrons. The molecule has 0 heterocycles. The van der Waals surface area contributed by atoms with Crippen LogP contribution in [0.15, 0.2) is 93.3 Å². The standard InChI is InChI=1S/2C14H10N2O6.2Na/c2*17-11-3-1-7(5-9(11)13(19)20)15-16-8-2-4-12(18)10(6-8)14(21)22;;/h2*1-6,17-18H,(H,19,20)(H,21,22);;/q;;2*+1/p-2. The maximum Gasteiger partial charge on any atom is 1.00 e. The van der Waals surface area contributed by atoms with Gasteiger partial charge in [-0.25, -0.2) is 19.2 Å². The second-order valence-corrected chi connectivity index (χ2v) is 8.38. The van der Waals surface area contributed by atoms with Crippen LogP contribution in [0, 0.1) is 0 Å². The predicted molar refractivity (Wildman–Crippen MR) is 144 cm³/mol. The Bertz CT molecular complexity index is 1580. The van der Waals surface area contributed by atoms with Crippen molar-refractivity contribution in [2.75, 3.05) is 0 Å². The number of phenols is 2. The molecule has 0 fully saturated rings. The minimum absolute atomic E-state index is 0. The van der Waals surface area contributed by atoms with Gasteiger partial charge >= 0.3 is 83.0 Å². The van der Waals surface area contributed by atoms with Gasteiger partial charge in [-0.1, -0.05) is 23.6 Å². The van der Waals surface area contributed by atoms with Gasteiger partial charge < -0.3 is 40.9 Å². The summed E-state index contributed by atoms with van der Waals surface area (Å²) in [5.74, 6) is -7.50. The van der Waals surface area contributed by atoms with Crippen molar-refractivity contribution in [2.45, 2.75) is 0 Å². The molecule has 0 aromatic heterocycles. The first-order valence-corrected chi connectivity index (χ1v) is 11.8. The number of carboxylic acids is 4. The van der Waals surface area contributed by atoms with E-state index >= 15 is 0 Å². The fourth-order valence-corrected chi connectivity index (χ4v) is 3.24. The summed E-state index contributed by atoms with van der Waals surface area (Å²) in [4.78, 5) is 43.4. The Labute approximate surface area is 302 Å². The van der Waals surface area contributed by atoms with E-state index in [2.05, 4.69) is 20.5 Å².